The second kappa shape index (κ2) is 5.85. The van der Waals surface area contributed by atoms with Gasteiger partial charge in [-0.2, -0.15) is 0 Å². The highest BCUT2D eigenvalue weighted by atomic mass is 79.9. The number of rotatable bonds is 3. The van der Waals surface area contributed by atoms with E-state index in [9.17, 15) is 9.18 Å². The lowest BCUT2D eigenvalue weighted by Gasteiger charge is -2.18. The molecule has 0 saturated heterocycles. The van der Waals surface area contributed by atoms with Crippen LogP contribution in [0.4, 0.5) is 4.39 Å². The number of halogens is 2. The molecule has 0 unspecified atom stereocenters. The zero-order valence-corrected chi connectivity index (χ0v) is 12.7. The van der Waals surface area contributed by atoms with Gasteiger partial charge >= 0.3 is 0 Å². The van der Waals surface area contributed by atoms with Crippen molar-refractivity contribution >= 4 is 21.7 Å². The van der Waals surface area contributed by atoms with Gasteiger partial charge in [-0.1, -0.05) is 22.0 Å². The minimum absolute atomic E-state index is 0.0127. The van der Waals surface area contributed by atoms with Crippen LogP contribution in [0.5, 0.6) is 11.5 Å². The molecule has 1 aliphatic rings. The molecule has 0 bridgehead atoms. The van der Waals surface area contributed by atoms with Crippen LogP contribution in [0.25, 0.3) is 0 Å². The van der Waals surface area contributed by atoms with Crippen LogP contribution in [0.2, 0.25) is 0 Å². The van der Waals surface area contributed by atoms with Gasteiger partial charge < -0.3 is 9.47 Å². The summed E-state index contributed by atoms with van der Waals surface area (Å²) < 4.78 is 25.3. The summed E-state index contributed by atoms with van der Waals surface area (Å²) in [5, 5.41) is 0. The number of ketones is 1. The Kier molecular flexibility index (Phi) is 3.92. The monoisotopic (exact) mass is 350 g/mol. The number of carbonyl (C=O) groups is 1. The van der Waals surface area contributed by atoms with E-state index in [1.165, 1.54) is 6.07 Å². The van der Waals surface area contributed by atoms with Gasteiger partial charge in [0.15, 0.2) is 17.3 Å². The average molecular weight is 351 g/mol. The molecule has 0 radical (unpaired) electrons. The summed E-state index contributed by atoms with van der Waals surface area (Å²) in [4.78, 5) is 12.3. The third-order valence-corrected chi connectivity index (χ3v) is 3.72. The fraction of sp³-hybridized carbons (Fsp3) is 0.188. The number of Topliss-reactive ketones (excluding diaryl/α,β-unsaturated/α-hetero) is 1. The molecule has 0 fully saturated rings. The maximum atomic E-state index is 13.8. The molecule has 2 aromatic carbocycles. The lowest BCUT2D eigenvalue weighted by atomic mass is 10.0. The number of ether oxygens (including phenoxy) is 2. The maximum absolute atomic E-state index is 13.8. The van der Waals surface area contributed by atoms with E-state index in [1.54, 1.807) is 30.3 Å². The Morgan fingerprint density at radius 1 is 1.10 bits per heavy atom. The van der Waals surface area contributed by atoms with E-state index >= 15 is 0 Å². The second-order valence-corrected chi connectivity index (χ2v) is 5.61. The van der Waals surface area contributed by atoms with E-state index in [-0.39, 0.29) is 12.2 Å². The minimum Gasteiger partial charge on any atom is -0.486 e. The van der Waals surface area contributed by atoms with Crippen LogP contribution in [0.15, 0.2) is 40.9 Å². The quantitative estimate of drug-likeness (QED) is 0.790. The van der Waals surface area contributed by atoms with Crippen molar-refractivity contribution in [2.45, 2.75) is 6.42 Å². The first-order valence-corrected chi connectivity index (χ1v) is 7.29. The molecule has 0 spiro atoms. The maximum Gasteiger partial charge on any atom is 0.167 e. The van der Waals surface area contributed by atoms with Gasteiger partial charge in [0.05, 0.1) is 0 Å². The zero-order valence-electron chi connectivity index (χ0n) is 11.1. The second-order valence-electron chi connectivity index (χ2n) is 4.69. The summed E-state index contributed by atoms with van der Waals surface area (Å²) in [7, 11) is 0. The van der Waals surface area contributed by atoms with Crippen LogP contribution in [0.3, 0.4) is 0 Å². The highest BCUT2D eigenvalue weighted by molar-refractivity contribution is 9.10. The van der Waals surface area contributed by atoms with E-state index in [2.05, 4.69) is 15.9 Å². The first-order chi connectivity index (χ1) is 10.1. The van der Waals surface area contributed by atoms with Crippen molar-refractivity contribution < 1.29 is 18.7 Å². The van der Waals surface area contributed by atoms with Gasteiger partial charge in [-0.3, -0.25) is 4.79 Å². The van der Waals surface area contributed by atoms with Crippen molar-refractivity contribution in [3.63, 3.8) is 0 Å². The predicted octanol–water partition coefficient (Wildman–Crippen LogP) is 3.78. The molecule has 0 aromatic heterocycles. The summed E-state index contributed by atoms with van der Waals surface area (Å²) in [6, 6.07) is 9.71. The molecule has 0 atom stereocenters. The highest BCUT2D eigenvalue weighted by Crippen LogP contribution is 2.31. The Hall–Kier alpha value is -1.88. The SMILES string of the molecule is O=C(Cc1ccc(Br)cc1F)c1ccc2c(c1)OCCO2. The van der Waals surface area contributed by atoms with E-state index in [1.807, 2.05) is 0 Å². The van der Waals surface area contributed by atoms with Crippen LogP contribution < -0.4 is 9.47 Å². The fourth-order valence-corrected chi connectivity index (χ4v) is 2.49. The van der Waals surface area contributed by atoms with Gasteiger partial charge in [0.25, 0.3) is 0 Å². The van der Waals surface area contributed by atoms with Crippen molar-refractivity contribution in [2.75, 3.05) is 13.2 Å². The average Bonchev–Trinajstić information content (AvgIpc) is 2.49. The Morgan fingerprint density at radius 2 is 1.86 bits per heavy atom. The molecule has 5 heteroatoms. The van der Waals surface area contributed by atoms with Crippen LogP contribution >= 0.6 is 15.9 Å². The third-order valence-electron chi connectivity index (χ3n) is 3.23. The predicted molar refractivity (Wildman–Crippen MR) is 79.6 cm³/mol. The first kappa shape index (κ1) is 14.1. The molecule has 0 aliphatic carbocycles. The molecule has 21 heavy (non-hydrogen) atoms. The molecule has 0 amide bonds. The molecule has 3 rings (SSSR count). The topological polar surface area (TPSA) is 35.5 Å². The molecule has 2 aromatic rings. The summed E-state index contributed by atoms with van der Waals surface area (Å²) in [6.07, 6.45) is 0.0127. The summed E-state index contributed by atoms with van der Waals surface area (Å²) >= 11 is 3.19. The Labute approximate surface area is 129 Å². The Bertz CT molecular complexity index is 700. The van der Waals surface area contributed by atoms with Crippen molar-refractivity contribution in [3.05, 3.63) is 57.8 Å². The molecular formula is C16H12BrFO3. The van der Waals surface area contributed by atoms with Crippen molar-refractivity contribution in [3.8, 4) is 11.5 Å². The molecule has 1 aliphatic heterocycles. The Morgan fingerprint density at radius 3 is 2.62 bits per heavy atom. The largest absolute Gasteiger partial charge is 0.486 e. The van der Waals surface area contributed by atoms with Gasteiger partial charge in [-0.05, 0) is 35.9 Å². The standard InChI is InChI=1S/C16H12BrFO3/c17-12-3-1-10(13(18)9-12)7-14(19)11-2-4-15-16(8-11)21-6-5-20-15/h1-4,8-9H,5-7H2. The first-order valence-electron chi connectivity index (χ1n) is 6.50. The lowest BCUT2D eigenvalue weighted by Crippen LogP contribution is -2.16. The minimum atomic E-state index is -0.393. The normalized spacial score (nSPS) is 13.0. The smallest absolute Gasteiger partial charge is 0.167 e. The summed E-state index contributed by atoms with van der Waals surface area (Å²) in [5.74, 6) is 0.638. The van der Waals surface area contributed by atoms with Crippen molar-refractivity contribution in [1.29, 1.82) is 0 Å². The van der Waals surface area contributed by atoms with Crippen LogP contribution in [0.1, 0.15) is 15.9 Å². The van der Waals surface area contributed by atoms with Crippen LogP contribution in [-0.2, 0) is 6.42 Å². The Balaban J connectivity index is 1.82. The summed E-state index contributed by atoms with van der Waals surface area (Å²) in [6.45, 7) is 0.969. The highest BCUT2D eigenvalue weighted by Gasteiger charge is 2.16. The molecular weight excluding hydrogens is 339 g/mol. The zero-order chi connectivity index (χ0) is 14.8. The van der Waals surface area contributed by atoms with E-state index in [0.29, 0.717) is 40.3 Å². The molecule has 0 N–H and O–H groups in total. The van der Waals surface area contributed by atoms with E-state index < -0.39 is 5.82 Å². The van der Waals surface area contributed by atoms with Crippen LogP contribution in [0, 0.1) is 5.82 Å². The van der Waals surface area contributed by atoms with Gasteiger partial charge in [0.2, 0.25) is 0 Å². The third kappa shape index (κ3) is 3.08. The number of hydrogen-bond donors (Lipinski definition) is 0. The lowest BCUT2D eigenvalue weighted by molar-refractivity contribution is 0.0990. The number of carbonyl (C=O) groups excluding carboxylic acids is 1. The molecule has 0 saturated carbocycles. The van der Waals surface area contributed by atoms with Gasteiger partial charge in [0.1, 0.15) is 19.0 Å². The molecule has 3 nitrogen and oxygen atoms in total. The van der Waals surface area contributed by atoms with Gasteiger partial charge in [-0.15, -0.1) is 0 Å². The van der Waals surface area contributed by atoms with E-state index in [4.69, 9.17) is 9.47 Å². The molecule has 1 heterocycles. The van der Waals surface area contributed by atoms with Crippen LogP contribution in [-0.4, -0.2) is 19.0 Å². The van der Waals surface area contributed by atoms with Gasteiger partial charge in [-0.25, -0.2) is 4.39 Å². The number of benzene rings is 2. The molecule has 108 valence electrons. The summed E-state index contributed by atoms with van der Waals surface area (Å²) in [5.41, 5.74) is 0.861. The van der Waals surface area contributed by atoms with Gasteiger partial charge in [0, 0.05) is 16.5 Å². The number of hydrogen-bond acceptors (Lipinski definition) is 3. The fourth-order valence-electron chi connectivity index (χ4n) is 2.16. The van der Waals surface area contributed by atoms with Crippen molar-refractivity contribution in [2.24, 2.45) is 0 Å². The van der Waals surface area contributed by atoms with E-state index in [0.717, 1.165) is 0 Å². The van der Waals surface area contributed by atoms with Crippen molar-refractivity contribution in [1.82, 2.24) is 0 Å². The number of fused-ring (bicyclic) bond motifs is 1.